The molecule has 0 aliphatic heterocycles. The molecular weight excluding hydrogens is 302 g/mol. The fourth-order valence-electron chi connectivity index (χ4n) is 2.61. The Morgan fingerprint density at radius 1 is 0.917 bits per heavy atom. The van der Waals surface area contributed by atoms with Crippen molar-refractivity contribution in [1.29, 1.82) is 0 Å². The second-order valence-corrected chi connectivity index (χ2v) is 5.50. The summed E-state index contributed by atoms with van der Waals surface area (Å²) in [5.41, 5.74) is 4.40. The highest BCUT2D eigenvalue weighted by atomic mass is 16.6. The number of carbonyl (C=O) groups excluding carboxylic acids is 2. The molecule has 4 nitrogen and oxygen atoms in total. The predicted molar refractivity (Wildman–Crippen MR) is 92.4 cm³/mol. The smallest absolute Gasteiger partial charge is 0.240 e. The maximum Gasteiger partial charge on any atom is 0.240 e. The van der Waals surface area contributed by atoms with Crippen molar-refractivity contribution in [3.8, 4) is 0 Å². The zero-order valence-corrected chi connectivity index (χ0v) is 13.3. The first kappa shape index (κ1) is 15.9. The molecule has 24 heavy (non-hydrogen) atoms. The van der Waals surface area contributed by atoms with Crippen LogP contribution in [0.3, 0.4) is 0 Å². The van der Waals surface area contributed by atoms with Crippen LogP contribution < -0.4 is 5.48 Å². The Morgan fingerprint density at radius 2 is 1.62 bits per heavy atom. The van der Waals surface area contributed by atoms with Crippen LogP contribution in [0.4, 0.5) is 0 Å². The fraction of sp³-hybridized carbons (Fsp3) is 0.100. The minimum absolute atomic E-state index is 0.0397. The Hall–Kier alpha value is -2.98. The van der Waals surface area contributed by atoms with Gasteiger partial charge in [0.2, 0.25) is 5.91 Å². The number of amides is 1. The number of rotatable bonds is 5. The third-order valence-corrected chi connectivity index (χ3v) is 3.69. The zero-order valence-electron chi connectivity index (χ0n) is 13.3. The standard InChI is InChI=1S/C20H17NO3/c1-14(22)21-24-13-18-12-17(11-16-9-5-6-10-19(16)18)20(23)15-7-3-2-4-8-15/h2-12H,13H2,1H3,(H,21,22). The van der Waals surface area contributed by atoms with Crippen LogP contribution in [0.5, 0.6) is 0 Å². The Morgan fingerprint density at radius 3 is 2.38 bits per heavy atom. The first-order valence-electron chi connectivity index (χ1n) is 7.65. The highest BCUT2D eigenvalue weighted by Gasteiger charge is 2.12. The van der Waals surface area contributed by atoms with Gasteiger partial charge in [-0.15, -0.1) is 0 Å². The molecule has 3 aromatic rings. The number of hydrogen-bond acceptors (Lipinski definition) is 3. The van der Waals surface area contributed by atoms with Crippen LogP contribution in [-0.4, -0.2) is 11.7 Å². The molecule has 1 amide bonds. The summed E-state index contributed by atoms with van der Waals surface area (Å²) in [6.45, 7) is 1.57. The summed E-state index contributed by atoms with van der Waals surface area (Å²) >= 11 is 0. The number of fused-ring (bicyclic) bond motifs is 1. The van der Waals surface area contributed by atoms with Gasteiger partial charge in [0.15, 0.2) is 5.78 Å². The zero-order chi connectivity index (χ0) is 16.9. The van der Waals surface area contributed by atoms with E-state index in [0.717, 1.165) is 16.3 Å². The molecule has 0 saturated heterocycles. The van der Waals surface area contributed by atoms with Gasteiger partial charge in [-0.1, -0.05) is 54.6 Å². The molecule has 0 saturated carbocycles. The maximum atomic E-state index is 12.7. The first-order valence-corrected chi connectivity index (χ1v) is 7.65. The molecule has 0 atom stereocenters. The van der Waals surface area contributed by atoms with Gasteiger partial charge in [0, 0.05) is 18.1 Å². The summed E-state index contributed by atoms with van der Waals surface area (Å²) in [5, 5.41) is 1.95. The predicted octanol–water partition coefficient (Wildman–Crippen LogP) is 3.64. The summed E-state index contributed by atoms with van der Waals surface area (Å²) in [7, 11) is 0. The van der Waals surface area contributed by atoms with Gasteiger partial charge < -0.3 is 0 Å². The second kappa shape index (κ2) is 7.06. The van der Waals surface area contributed by atoms with Crippen LogP contribution in [0.15, 0.2) is 66.7 Å². The number of carbonyl (C=O) groups is 2. The molecule has 3 rings (SSSR count). The third kappa shape index (κ3) is 3.50. The van der Waals surface area contributed by atoms with Gasteiger partial charge in [-0.3, -0.25) is 14.4 Å². The Balaban J connectivity index is 2.00. The lowest BCUT2D eigenvalue weighted by Gasteiger charge is -2.10. The average molecular weight is 319 g/mol. The Bertz CT molecular complexity index is 888. The summed E-state index contributed by atoms with van der Waals surface area (Å²) in [6.07, 6.45) is 0. The lowest BCUT2D eigenvalue weighted by molar-refractivity contribution is -0.132. The molecule has 1 N–H and O–H groups in total. The van der Waals surface area contributed by atoms with Gasteiger partial charge >= 0.3 is 0 Å². The maximum absolute atomic E-state index is 12.7. The molecular formula is C20H17NO3. The van der Waals surface area contributed by atoms with Crippen molar-refractivity contribution in [2.75, 3.05) is 0 Å². The van der Waals surface area contributed by atoms with Gasteiger partial charge in [0.05, 0.1) is 0 Å². The van der Waals surface area contributed by atoms with Crippen molar-refractivity contribution in [3.05, 3.63) is 83.4 Å². The van der Waals surface area contributed by atoms with E-state index in [1.165, 1.54) is 6.92 Å². The largest absolute Gasteiger partial charge is 0.289 e. The van der Waals surface area contributed by atoms with Gasteiger partial charge in [-0.25, -0.2) is 5.48 Å². The molecule has 0 aromatic heterocycles. The van der Waals surface area contributed by atoms with E-state index < -0.39 is 0 Å². The summed E-state index contributed by atoms with van der Waals surface area (Å²) in [4.78, 5) is 28.9. The number of ketones is 1. The highest BCUT2D eigenvalue weighted by Crippen LogP contribution is 2.23. The number of nitrogens with one attached hydrogen (secondary N) is 1. The lowest BCUT2D eigenvalue weighted by atomic mass is 9.96. The van der Waals surface area contributed by atoms with Crippen LogP contribution in [0, 0.1) is 0 Å². The average Bonchev–Trinajstić information content (AvgIpc) is 2.61. The van der Waals surface area contributed by atoms with Crippen molar-refractivity contribution in [2.24, 2.45) is 0 Å². The second-order valence-electron chi connectivity index (χ2n) is 5.50. The normalized spacial score (nSPS) is 10.5. The number of benzene rings is 3. The molecule has 3 aromatic carbocycles. The van der Waals surface area contributed by atoms with E-state index in [0.29, 0.717) is 11.1 Å². The Kier molecular flexibility index (Phi) is 4.68. The minimum Gasteiger partial charge on any atom is -0.289 e. The Labute approximate surface area is 140 Å². The van der Waals surface area contributed by atoms with Crippen LogP contribution in [0.25, 0.3) is 10.8 Å². The van der Waals surface area contributed by atoms with Crippen molar-refractivity contribution < 1.29 is 14.4 Å². The molecule has 0 spiro atoms. The van der Waals surface area contributed by atoms with E-state index in [4.69, 9.17) is 4.84 Å². The lowest BCUT2D eigenvalue weighted by Crippen LogP contribution is -2.20. The number of hydrogen-bond donors (Lipinski definition) is 1. The molecule has 0 bridgehead atoms. The molecule has 120 valence electrons. The minimum atomic E-state index is -0.268. The van der Waals surface area contributed by atoms with Crippen LogP contribution in [-0.2, 0) is 16.2 Å². The molecule has 0 aliphatic carbocycles. The molecule has 0 radical (unpaired) electrons. The van der Waals surface area contributed by atoms with Crippen molar-refractivity contribution >= 4 is 22.5 Å². The van der Waals surface area contributed by atoms with Gasteiger partial charge in [-0.2, -0.15) is 0 Å². The van der Waals surface area contributed by atoms with Crippen molar-refractivity contribution in [3.63, 3.8) is 0 Å². The van der Waals surface area contributed by atoms with Gasteiger partial charge in [0.1, 0.15) is 6.61 Å². The molecule has 0 fully saturated rings. The summed E-state index contributed by atoms with van der Waals surface area (Å²) in [5.74, 6) is -0.307. The van der Waals surface area contributed by atoms with Crippen LogP contribution >= 0.6 is 0 Å². The SMILES string of the molecule is CC(=O)NOCc1cc(C(=O)c2ccccc2)cc2ccccc12. The van der Waals surface area contributed by atoms with E-state index >= 15 is 0 Å². The first-order chi connectivity index (χ1) is 11.6. The molecule has 0 aliphatic rings. The molecule has 0 unspecified atom stereocenters. The van der Waals surface area contributed by atoms with E-state index in [2.05, 4.69) is 5.48 Å². The summed E-state index contributed by atoms with van der Waals surface area (Å²) < 4.78 is 0. The van der Waals surface area contributed by atoms with Crippen LogP contribution in [0.1, 0.15) is 28.4 Å². The van der Waals surface area contributed by atoms with Gasteiger partial charge in [0.25, 0.3) is 0 Å². The highest BCUT2D eigenvalue weighted by molar-refractivity contribution is 6.11. The third-order valence-electron chi connectivity index (χ3n) is 3.69. The van der Waals surface area contributed by atoms with E-state index in [-0.39, 0.29) is 18.3 Å². The summed E-state index contributed by atoms with van der Waals surface area (Å²) in [6, 6.07) is 20.6. The van der Waals surface area contributed by atoms with E-state index in [1.807, 2.05) is 54.6 Å². The number of hydroxylamine groups is 1. The molecule has 0 heterocycles. The van der Waals surface area contributed by atoms with Gasteiger partial charge in [-0.05, 0) is 28.5 Å². The fourth-order valence-corrected chi connectivity index (χ4v) is 2.61. The van der Waals surface area contributed by atoms with Crippen molar-refractivity contribution in [1.82, 2.24) is 5.48 Å². The monoisotopic (exact) mass is 319 g/mol. The quantitative estimate of drug-likeness (QED) is 0.577. The van der Waals surface area contributed by atoms with E-state index in [1.54, 1.807) is 12.1 Å². The van der Waals surface area contributed by atoms with Crippen molar-refractivity contribution in [2.45, 2.75) is 13.5 Å². The van der Waals surface area contributed by atoms with Crippen LogP contribution in [0.2, 0.25) is 0 Å². The topological polar surface area (TPSA) is 55.4 Å². The molecule has 4 heteroatoms. The van der Waals surface area contributed by atoms with E-state index in [9.17, 15) is 9.59 Å².